The number of hydrogen-bond acceptors (Lipinski definition) is 3. The van der Waals surface area contributed by atoms with E-state index in [1.807, 2.05) is 44.4 Å². The largest absolute Gasteiger partial charge is 0.461 e. The maximum Gasteiger partial charge on any atom is 0.361 e. The molecule has 1 aromatic rings. The average Bonchev–Trinajstić information content (AvgIpc) is 2.52. The van der Waals surface area contributed by atoms with Gasteiger partial charge in [0.05, 0.1) is 27.2 Å². The van der Waals surface area contributed by atoms with Crippen molar-refractivity contribution >= 4 is 11.9 Å². The van der Waals surface area contributed by atoms with Gasteiger partial charge < -0.3 is 14.5 Å². The van der Waals surface area contributed by atoms with Crippen molar-refractivity contribution in [2.24, 2.45) is 0 Å². The number of benzene rings is 1. The molecular formula is C18H27N2O3+. The quantitative estimate of drug-likeness (QED) is 0.308. The fraction of sp³-hybridized carbons (Fsp3) is 0.444. The van der Waals surface area contributed by atoms with Crippen LogP contribution in [0.25, 0.3) is 0 Å². The maximum absolute atomic E-state index is 11.9. The lowest BCUT2D eigenvalue weighted by atomic mass is 10.2. The first-order chi connectivity index (χ1) is 10.9. The van der Waals surface area contributed by atoms with E-state index in [2.05, 4.69) is 11.9 Å². The number of nitrogens with zero attached hydrogens (tertiary/aromatic N) is 1. The molecule has 0 saturated carbocycles. The molecule has 5 nitrogen and oxygen atoms in total. The van der Waals surface area contributed by atoms with Crippen LogP contribution in [0, 0.1) is 0 Å². The fourth-order valence-corrected chi connectivity index (χ4v) is 2.19. The van der Waals surface area contributed by atoms with Gasteiger partial charge in [-0.05, 0) is 11.6 Å². The predicted octanol–water partition coefficient (Wildman–Crippen LogP) is 1.54. The molecule has 0 aliphatic rings. The van der Waals surface area contributed by atoms with Gasteiger partial charge >= 0.3 is 5.97 Å². The number of amides is 1. The highest BCUT2D eigenvalue weighted by Crippen LogP contribution is 2.02. The fourth-order valence-electron chi connectivity index (χ4n) is 2.19. The lowest BCUT2D eigenvalue weighted by Gasteiger charge is -2.28. The molecule has 0 aliphatic heterocycles. The van der Waals surface area contributed by atoms with Gasteiger partial charge in [-0.25, -0.2) is 4.79 Å². The van der Waals surface area contributed by atoms with E-state index in [0.29, 0.717) is 24.2 Å². The Balaban J connectivity index is 2.20. The van der Waals surface area contributed by atoms with Gasteiger partial charge in [0.1, 0.15) is 0 Å². The summed E-state index contributed by atoms with van der Waals surface area (Å²) >= 11 is 0. The summed E-state index contributed by atoms with van der Waals surface area (Å²) in [6.45, 7) is 5.49. The minimum Gasteiger partial charge on any atom is -0.461 e. The smallest absolute Gasteiger partial charge is 0.361 e. The molecule has 0 aromatic heterocycles. The molecule has 0 spiro atoms. The Bertz CT molecular complexity index is 512. The minimum absolute atomic E-state index is 0.171. The third-order valence-electron chi connectivity index (χ3n) is 3.48. The van der Waals surface area contributed by atoms with E-state index in [1.165, 1.54) is 6.08 Å². The second-order valence-corrected chi connectivity index (χ2v) is 6.12. The summed E-state index contributed by atoms with van der Waals surface area (Å²) in [5, 5.41) is 2.73. The molecule has 23 heavy (non-hydrogen) atoms. The Hall–Kier alpha value is -2.14. The summed E-state index contributed by atoms with van der Waals surface area (Å²) < 4.78 is 5.84. The Labute approximate surface area is 138 Å². The number of hydrogen-bond donors (Lipinski definition) is 1. The molecule has 1 rings (SSSR count). The number of ether oxygens (including phenoxy) is 1. The van der Waals surface area contributed by atoms with Gasteiger partial charge in [0.2, 0.25) is 5.91 Å². The molecule has 126 valence electrons. The predicted molar refractivity (Wildman–Crippen MR) is 90.8 cm³/mol. The van der Waals surface area contributed by atoms with E-state index in [0.717, 1.165) is 24.9 Å². The average molecular weight is 319 g/mol. The molecule has 0 radical (unpaired) electrons. The Morgan fingerprint density at radius 1 is 1.26 bits per heavy atom. The summed E-state index contributed by atoms with van der Waals surface area (Å²) in [5.74, 6) is -0.364. The summed E-state index contributed by atoms with van der Waals surface area (Å²) in [6.07, 6.45) is 2.78. The van der Waals surface area contributed by atoms with Crippen LogP contribution in [0.3, 0.4) is 0 Å². The van der Waals surface area contributed by atoms with Gasteiger partial charge in [0, 0.05) is 19.4 Å². The summed E-state index contributed by atoms with van der Waals surface area (Å²) in [5.41, 5.74) is 1.16. The molecule has 0 unspecified atom stereocenters. The van der Waals surface area contributed by atoms with E-state index >= 15 is 0 Å². The van der Waals surface area contributed by atoms with Crippen molar-refractivity contribution in [3.05, 3.63) is 48.6 Å². The van der Waals surface area contributed by atoms with Crippen LogP contribution in [0.4, 0.5) is 0 Å². The number of esters is 1. The van der Waals surface area contributed by atoms with Crippen molar-refractivity contribution in [3.63, 3.8) is 0 Å². The van der Waals surface area contributed by atoms with Gasteiger partial charge in [0.15, 0.2) is 6.54 Å². The number of nitrogens with one attached hydrogen (secondary N) is 1. The maximum atomic E-state index is 11.9. The Morgan fingerprint density at radius 2 is 1.96 bits per heavy atom. The summed E-state index contributed by atoms with van der Waals surface area (Å²) in [6, 6.07) is 9.95. The second-order valence-electron chi connectivity index (χ2n) is 6.12. The van der Waals surface area contributed by atoms with Crippen LogP contribution in [0.5, 0.6) is 0 Å². The first-order valence-electron chi connectivity index (χ1n) is 7.85. The van der Waals surface area contributed by atoms with Crippen LogP contribution < -0.4 is 5.32 Å². The molecule has 0 atom stereocenters. The molecule has 0 saturated heterocycles. The number of rotatable bonds is 10. The van der Waals surface area contributed by atoms with E-state index in [-0.39, 0.29) is 11.9 Å². The highest BCUT2D eigenvalue weighted by molar-refractivity contribution is 5.86. The van der Waals surface area contributed by atoms with E-state index in [4.69, 9.17) is 4.74 Å². The highest BCUT2D eigenvalue weighted by Gasteiger charge is 2.20. The molecule has 1 amide bonds. The van der Waals surface area contributed by atoms with Crippen molar-refractivity contribution in [1.29, 1.82) is 0 Å². The Kier molecular flexibility index (Phi) is 8.05. The Morgan fingerprint density at radius 3 is 2.61 bits per heavy atom. The van der Waals surface area contributed by atoms with Crippen LogP contribution in [0.2, 0.25) is 0 Å². The van der Waals surface area contributed by atoms with Gasteiger partial charge in [-0.1, -0.05) is 36.9 Å². The lowest BCUT2D eigenvalue weighted by Crippen LogP contribution is -2.46. The monoisotopic (exact) mass is 319 g/mol. The topological polar surface area (TPSA) is 55.4 Å². The molecule has 0 bridgehead atoms. The van der Waals surface area contributed by atoms with E-state index < -0.39 is 0 Å². The molecule has 0 aliphatic carbocycles. The molecule has 1 N–H and O–H groups in total. The summed E-state index contributed by atoms with van der Waals surface area (Å²) in [4.78, 5) is 23.0. The van der Waals surface area contributed by atoms with Crippen LogP contribution in [0.15, 0.2) is 43.0 Å². The van der Waals surface area contributed by atoms with E-state index in [9.17, 15) is 9.59 Å². The first kappa shape index (κ1) is 18.9. The number of carbonyl (C=O) groups excluding carboxylic acids is 2. The van der Waals surface area contributed by atoms with Crippen LogP contribution in [-0.2, 0) is 20.7 Å². The SMILES string of the molecule is C=CC(=O)NCCC[N+](C)(C)CC(=O)OCCc1ccccc1. The van der Waals surface area contributed by atoms with Gasteiger partial charge in [-0.15, -0.1) is 0 Å². The normalized spacial score (nSPS) is 10.9. The van der Waals surface area contributed by atoms with Crippen molar-refractivity contribution in [3.8, 4) is 0 Å². The molecule has 1 aromatic carbocycles. The van der Waals surface area contributed by atoms with Crippen LogP contribution in [0.1, 0.15) is 12.0 Å². The lowest BCUT2D eigenvalue weighted by molar-refractivity contribution is -0.883. The number of quaternary nitrogens is 1. The molecule has 0 fully saturated rings. The zero-order chi connectivity index (χ0) is 17.1. The van der Waals surface area contributed by atoms with Crippen molar-refractivity contribution < 1.29 is 18.8 Å². The van der Waals surface area contributed by atoms with Gasteiger partial charge in [-0.3, -0.25) is 4.79 Å². The van der Waals surface area contributed by atoms with Gasteiger partial charge in [-0.2, -0.15) is 0 Å². The third kappa shape index (κ3) is 8.78. The standard InChI is InChI=1S/C18H26N2O3/c1-4-17(21)19-12-8-13-20(2,3)15-18(22)23-14-11-16-9-6-5-7-10-16/h4-7,9-10H,1,8,11-15H2,2-3H3/p+1. The molecule has 5 heteroatoms. The molecular weight excluding hydrogens is 292 g/mol. The third-order valence-corrected chi connectivity index (χ3v) is 3.48. The van der Waals surface area contributed by atoms with Crippen LogP contribution >= 0.6 is 0 Å². The minimum atomic E-state index is -0.193. The zero-order valence-electron chi connectivity index (χ0n) is 14.1. The highest BCUT2D eigenvalue weighted by atomic mass is 16.5. The zero-order valence-corrected chi connectivity index (χ0v) is 14.1. The first-order valence-corrected chi connectivity index (χ1v) is 7.85. The second kappa shape index (κ2) is 9.79. The van der Waals surface area contributed by atoms with E-state index in [1.54, 1.807) is 0 Å². The van der Waals surface area contributed by atoms with Crippen molar-refractivity contribution in [2.75, 3.05) is 40.3 Å². The van der Waals surface area contributed by atoms with Crippen molar-refractivity contribution in [1.82, 2.24) is 5.32 Å². The number of carbonyl (C=O) groups is 2. The molecule has 0 heterocycles. The summed E-state index contributed by atoms with van der Waals surface area (Å²) in [7, 11) is 3.96. The van der Waals surface area contributed by atoms with Crippen LogP contribution in [-0.4, -0.2) is 56.7 Å². The van der Waals surface area contributed by atoms with Gasteiger partial charge in [0.25, 0.3) is 0 Å². The van der Waals surface area contributed by atoms with Crippen molar-refractivity contribution in [2.45, 2.75) is 12.8 Å². The number of likely N-dealkylation sites (N-methyl/N-ethyl adjacent to an activating group) is 1.